The summed E-state index contributed by atoms with van der Waals surface area (Å²) in [6.45, 7) is 2.31. The van der Waals surface area contributed by atoms with E-state index in [1.165, 1.54) is 12.1 Å². The normalized spacial score (nSPS) is 14.9. The predicted octanol–water partition coefficient (Wildman–Crippen LogP) is 1.58. The van der Waals surface area contributed by atoms with Gasteiger partial charge >= 0.3 is 0 Å². The molecule has 0 spiro atoms. The van der Waals surface area contributed by atoms with Crippen molar-refractivity contribution in [3.05, 3.63) is 52.3 Å². The number of unbranched alkanes of at least 4 members (excludes halogenated alkanes) is 1. The summed E-state index contributed by atoms with van der Waals surface area (Å²) in [5.74, 6) is 0.750. The number of benzene rings is 1. The summed E-state index contributed by atoms with van der Waals surface area (Å²) in [6, 6.07) is 6.69. The molecule has 1 N–H and O–H groups in total. The number of hydrogen-bond donors (Lipinski definition) is 1. The number of nitro groups is 1. The van der Waals surface area contributed by atoms with Gasteiger partial charge in [0.15, 0.2) is 5.96 Å². The van der Waals surface area contributed by atoms with Crippen LogP contribution in [-0.4, -0.2) is 64.7 Å². The van der Waals surface area contributed by atoms with E-state index < -0.39 is 0 Å². The number of piperazine rings is 1. The van der Waals surface area contributed by atoms with Crippen LogP contribution in [0.4, 0.5) is 11.4 Å². The molecule has 0 radical (unpaired) electrons. The smallest absolute Gasteiger partial charge is 0.269 e. The first-order valence-corrected chi connectivity index (χ1v) is 9.96. The van der Waals surface area contributed by atoms with Gasteiger partial charge in [-0.05, 0) is 24.8 Å². The lowest BCUT2D eigenvalue weighted by Gasteiger charge is -2.35. The second-order valence-electron chi connectivity index (χ2n) is 7.19. The zero-order valence-electron chi connectivity index (χ0n) is 17.3. The first-order valence-electron chi connectivity index (χ1n) is 9.96. The number of nitrogens with one attached hydrogen (secondary N) is 1. The molecule has 2 heterocycles. The Hall–Kier alpha value is -3.43. The molecule has 160 valence electrons. The molecule has 3 rings (SSSR count). The van der Waals surface area contributed by atoms with Crippen LogP contribution in [0.3, 0.4) is 0 Å². The highest BCUT2D eigenvalue weighted by atomic mass is 16.6. The minimum Gasteiger partial charge on any atom is -0.356 e. The highest BCUT2D eigenvalue weighted by molar-refractivity contribution is 5.98. The van der Waals surface area contributed by atoms with Crippen LogP contribution in [0.25, 0.3) is 0 Å². The minimum atomic E-state index is -0.388. The van der Waals surface area contributed by atoms with E-state index in [1.807, 2.05) is 18.1 Å². The van der Waals surface area contributed by atoms with Crippen molar-refractivity contribution in [2.45, 2.75) is 19.3 Å². The Morgan fingerprint density at radius 2 is 2.03 bits per heavy atom. The van der Waals surface area contributed by atoms with Gasteiger partial charge in [0.2, 0.25) is 5.91 Å². The van der Waals surface area contributed by atoms with Crippen LogP contribution >= 0.6 is 0 Å². The molecule has 10 nitrogen and oxygen atoms in total. The van der Waals surface area contributed by atoms with Gasteiger partial charge < -0.3 is 15.1 Å². The van der Waals surface area contributed by atoms with E-state index in [9.17, 15) is 14.9 Å². The number of nitro benzene ring substituents is 1. The first kappa shape index (κ1) is 21.3. The third-order valence-electron chi connectivity index (χ3n) is 5.06. The fourth-order valence-corrected chi connectivity index (χ4v) is 3.45. The first-order chi connectivity index (χ1) is 14.5. The van der Waals surface area contributed by atoms with E-state index in [1.54, 1.807) is 35.0 Å². The van der Waals surface area contributed by atoms with Crippen molar-refractivity contribution in [2.24, 2.45) is 12.0 Å². The van der Waals surface area contributed by atoms with Crippen molar-refractivity contribution in [1.82, 2.24) is 20.0 Å². The van der Waals surface area contributed by atoms with E-state index in [0.29, 0.717) is 13.1 Å². The summed E-state index contributed by atoms with van der Waals surface area (Å²) in [5, 5.41) is 18.2. The largest absolute Gasteiger partial charge is 0.356 e. The Bertz CT molecular complexity index is 907. The molecule has 10 heteroatoms. The lowest BCUT2D eigenvalue weighted by atomic mass is 10.1. The molecule has 0 aliphatic carbocycles. The van der Waals surface area contributed by atoms with Gasteiger partial charge in [0.1, 0.15) is 6.54 Å². The summed E-state index contributed by atoms with van der Waals surface area (Å²) >= 11 is 0. The van der Waals surface area contributed by atoms with Crippen LogP contribution < -0.4 is 10.2 Å². The van der Waals surface area contributed by atoms with Gasteiger partial charge in [-0.25, -0.2) is 0 Å². The number of anilines is 1. The molecule has 30 heavy (non-hydrogen) atoms. The number of non-ortho nitro benzene ring substituents is 1. The second-order valence-corrected chi connectivity index (χ2v) is 7.19. The molecular formula is C20H27N7O3. The number of aromatic nitrogens is 2. The van der Waals surface area contributed by atoms with E-state index in [2.05, 4.69) is 15.4 Å². The van der Waals surface area contributed by atoms with Crippen LogP contribution in [0.5, 0.6) is 0 Å². The fraction of sp³-hybridized carbons (Fsp3) is 0.450. The predicted molar refractivity (Wildman–Crippen MR) is 115 cm³/mol. The number of carbonyl (C=O) groups is 1. The lowest BCUT2D eigenvalue weighted by Crippen LogP contribution is -2.55. The quantitative estimate of drug-likeness (QED) is 0.243. The molecule has 1 aromatic heterocycles. The average molecular weight is 413 g/mol. The molecule has 0 unspecified atom stereocenters. The Labute approximate surface area is 175 Å². The van der Waals surface area contributed by atoms with E-state index >= 15 is 0 Å². The van der Waals surface area contributed by atoms with Crippen molar-refractivity contribution >= 4 is 23.2 Å². The van der Waals surface area contributed by atoms with Gasteiger partial charge in [0.25, 0.3) is 5.69 Å². The maximum atomic E-state index is 12.6. The van der Waals surface area contributed by atoms with Crippen LogP contribution in [0.2, 0.25) is 0 Å². The van der Waals surface area contributed by atoms with E-state index in [-0.39, 0.29) is 23.1 Å². The monoisotopic (exact) mass is 413 g/mol. The molecule has 2 aromatic rings. The number of amides is 1. The summed E-state index contributed by atoms with van der Waals surface area (Å²) in [6.07, 6.45) is 6.28. The summed E-state index contributed by atoms with van der Waals surface area (Å²) in [5.41, 5.74) is 2.01. The van der Waals surface area contributed by atoms with Gasteiger partial charge in [0, 0.05) is 52.1 Å². The van der Waals surface area contributed by atoms with Gasteiger partial charge in [-0.1, -0.05) is 12.1 Å². The highest BCUT2D eigenvalue weighted by Crippen LogP contribution is 2.16. The number of aliphatic imine (C=N–C) groups is 1. The molecule has 1 aliphatic rings. The van der Waals surface area contributed by atoms with Crippen molar-refractivity contribution in [2.75, 3.05) is 38.1 Å². The molecular weight excluding hydrogens is 386 g/mol. The average Bonchev–Trinajstić information content (AvgIpc) is 3.17. The molecule has 0 saturated carbocycles. The van der Waals surface area contributed by atoms with Crippen LogP contribution in [0.1, 0.15) is 18.4 Å². The van der Waals surface area contributed by atoms with E-state index in [4.69, 9.17) is 0 Å². The maximum Gasteiger partial charge on any atom is 0.269 e. The second kappa shape index (κ2) is 9.86. The molecule has 0 atom stereocenters. The van der Waals surface area contributed by atoms with Crippen molar-refractivity contribution < 1.29 is 9.72 Å². The molecule has 1 aromatic carbocycles. The van der Waals surface area contributed by atoms with Crippen LogP contribution in [0, 0.1) is 10.1 Å². The van der Waals surface area contributed by atoms with Crippen LogP contribution in [-0.2, 0) is 18.3 Å². The highest BCUT2D eigenvalue weighted by Gasteiger charge is 2.27. The number of rotatable bonds is 7. The molecule has 1 amide bonds. The third-order valence-corrected chi connectivity index (χ3v) is 5.06. The summed E-state index contributed by atoms with van der Waals surface area (Å²) in [7, 11) is 3.55. The Kier molecular flexibility index (Phi) is 6.99. The SMILES string of the molecule is CN=C(NCCCCc1ccc([N+](=O)[O-])cc1)N1CCN(c2cnn(C)c2)C(=O)C1. The number of guanidine groups is 1. The third kappa shape index (κ3) is 5.34. The van der Waals surface area contributed by atoms with Gasteiger partial charge in [0.05, 0.1) is 16.8 Å². The van der Waals surface area contributed by atoms with Crippen molar-refractivity contribution in [3.63, 3.8) is 0 Å². The van der Waals surface area contributed by atoms with Crippen molar-refractivity contribution in [3.8, 4) is 0 Å². The number of hydrogen-bond acceptors (Lipinski definition) is 5. The lowest BCUT2D eigenvalue weighted by molar-refractivity contribution is -0.384. The number of carbonyl (C=O) groups excluding carboxylic acids is 1. The minimum absolute atomic E-state index is 0.0235. The summed E-state index contributed by atoms with van der Waals surface area (Å²) < 4.78 is 1.69. The maximum absolute atomic E-state index is 12.6. The molecule has 0 bridgehead atoms. The fourth-order valence-electron chi connectivity index (χ4n) is 3.45. The Morgan fingerprint density at radius 3 is 2.63 bits per heavy atom. The zero-order valence-corrected chi connectivity index (χ0v) is 17.3. The van der Waals surface area contributed by atoms with Crippen molar-refractivity contribution in [1.29, 1.82) is 0 Å². The van der Waals surface area contributed by atoms with Gasteiger partial charge in [-0.2, -0.15) is 5.10 Å². The zero-order chi connectivity index (χ0) is 21.5. The standard InChI is InChI=1S/C20H27N7O3/c1-21-20(22-10-4-3-5-16-6-8-17(9-7-16)27(29)30)25-11-12-26(19(28)15-25)18-13-23-24(2)14-18/h6-9,13-14H,3-5,10-12,15H2,1-2H3,(H,21,22). The Balaban J connectivity index is 1.40. The molecule has 1 saturated heterocycles. The molecule has 1 aliphatic heterocycles. The number of nitrogens with zero attached hydrogens (tertiary/aromatic N) is 6. The molecule has 1 fully saturated rings. The summed E-state index contributed by atoms with van der Waals surface area (Å²) in [4.78, 5) is 30.9. The topological polar surface area (TPSA) is 109 Å². The number of aryl methyl sites for hydroxylation is 2. The Morgan fingerprint density at radius 1 is 1.27 bits per heavy atom. The van der Waals surface area contributed by atoms with Gasteiger partial charge in [-0.3, -0.25) is 24.6 Å². The van der Waals surface area contributed by atoms with Gasteiger partial charge in [-0.15, -0.1) is 0 Å². The van der Waals surface area contributed by atoms with E-state index in [0.717, 1.165) is 43.0 Å². The van der Waals surface area contributed by atoms with Crippen LogP contribution in [0.15, 0.2) is 41.7 Å².